The summed E-state index contributed by atoms with van der Waals surface area (Å²) >= 11 is 0. The SMILES string of the molecule is CC(C)(C)C(=O)C(C(=O)OCc1ccccc1)N1C(=O)[C@@H](N2C(=O)OC[C@@H]2c2ccccc2)[C@H]1CCc1ccco1. The molecule has 0 N–H and O–H groups in total. The number of esters is 1. The third kappa shape index (κ3) is 5.75. The fraction of sp³-hybridized carbons (Fsp3) is 0.375. The predicted octanol–water partition coefficient (Wildman–Crippen LogP) is 4.71. The predicted molar refractivity (Wildman–Crippen MR) is 148 cm³/mol. The Bertz CT molecular complexity index is 1380. The van der Waals surface area contributed by atoms with E-state index in [1.54, 1.807) is 33.1 Å². The molecule has 9 nitrogen and oxygen atoms in total. The van der Waals surface area contributed by atoms with Gasteiger partial charge in [-0.15, -0.1) is 0 Å². The molecule has 3 aromatic rings. The molecule has 1 aromatic heterocycles. The molecule has 2 aromatic carbocycles. The number of cyclic esters (lactones) is 1. The number of Topliss-reactive ketones (excluding diaryl/α,β-unsaturated/α-hetero) is 1. The second-order valence-electron chi connectivity index (χ2n) is 11.4. The van der Waals surface area contributed by atoms with Gasteiger partial charge in [-0.1, -0.05) is 81.4 Å². The Labute approximate surface area is 239 Å². The Morgan fingerprint density at radius 3 is 2.29 bits per heavy atom. The van der Waals surface area contributed by atoms with E-state index in [-0.39, 0.29) is 13.2 Å². The molecule has 2 saturated heterocycles. The first kappa shape index (κ1) is 28.1. The van der Waals surface area contributed by atoms with E-state index in [9.17, 15) is 19.2 Å². The molecule has 0 aliphatic carbocycles. The number of likely N-dealkylation sites (tertiary alicyclic amines) is 1. The van der Waals surface area contributed by atoms with Gasteiger partial charge in [0.2, 0.25) is 5.91 Å². The number of β-lactam (4-membered cyclic amide) rings is 1. The minimum Gasteiger partial charge on any atom is -0.469 e. The third-order valence-corrected chi connectivity index (χ3v) is 7.60. The number of ether oxygens (including phenoxy) is 2. The maximum atomic E-state index is 14.0. The Kier molecular flexibility index (Phi) is 7.97. The van der Waals surface area contributed by atoms with Crippen LogP contribution in [0, 0.1) is 5.41 Å². The first-order valence-electron chi connectivity index (χ1n) is 13.8. The van der Waals surface area contributed by atoms with Gasteiger partial charge in [-0.25, -0.2) is 9.59 Å². The number of benzene rings is 2. The summed E-state index contributed by atoms with van der Waals surface area (Å²) in [4.78, 5) is 57.1. The van der Waals surface area contributed by atoms with Crippen LogP contribution in [0.1, 0.15) is 50.1 Å². The van der Waals surface area contributed by atoms with Crippen LogP contribution in [0.3, 0.4) is 0 Å². The van der Waals surface area contributed by atoms with Crippen molar-refractivity contribution in [2.45, 2.75) is 64.4 Å². The lowest BCUT2D eigenvalue weighted by Gasteiger charge is -2.53. The van der Waals surface area contributed by atoms with Crippen LogP contribution in [0.15, 0.2) is 83.5 Å². The molecule has 9 heteroatoms. The smallest absolute Gasteiger partial charge is 0.411 e. The molecule has 0 radical (unpaired) electrons. The quantitative estimate of drug-likeness (QED) is 0.202. The van der Waals surface area contributed by atoms with Gasteiger partial charge in [-0.2, -0.15) is 0 Å². The molecule has 3 heterocycles. The maximum absolute atomic E-state index is 14.0. The average molecular weight is 559 g/mol. The van der Waals surface area contributed by atoms with E-state index in [0.29, 0.717) is 18.6 Å². The largest absolute Gasteiger partial charge is 0.469 e. The van der Waals surface area contributed by atoms with Crippen molar-refractivity contribution >= 4 is 23.8 Å². The maximum Gasteiger partial charge on any atom is 0.411 e. The summed E-state index contributed by atoms with van der Waals surface area (Å²) in [6.07, 6.45) is 1.75. The molecule has 0 spiro atoms. The van der Waals surface area contributed by atoms with Crippen molar-refractivity contribution < 1.29 is 33.1 Å². The van der Waals surface area contributed by atoms with Crippen molar-refractivity contribution in [3.63, 3.8) is 0 Å². The summed E-state index contributed by atoms with van der Waals surface area (Å²) in [5.74, 6) is -1.04. The minimum atomic E-state index is -1.46. The number of rotatable bonds is 10. The van der Waals surface area contributed by atoms with E-state index in [1.807, 2.05) is 66.7 Å². The number of aryl methyl sites for hydroxylation is 1. The van der Waals surface area contributed by atoms with E-state index < -0.39 is 53.3 Å². The highest BCUT2D eigenvalue weighted by molar-refractivity contribution is 6.10. The monoisotopic (exact) mass is 558 g/mol. The molecule has 0 saturated carbocycles. The van der Waals surface area contributed by atoms with Gasteiger partial charge in [0, 0.05) is 11.8 Å². The van der Waals surface area contributed by atoms with Crippen LogP contribution in [0.5, 0.6) is 0 Å². The Morgan fingerprint density at radius 2 is 1.66 bits per heavy atom. The summed E-state index contributed by atoms with van der Waals surface area (Å²) in [6, 6.07) is 18.6. The zero-order chi connectivity index (χ0) is 29.1. The average Bonchev–Trinajstić information content (AvgIpc) is 3.62. The highest BCUT2D eigenvalue weighted by Crippen LogP contribution is 2.40. The lowest BCUT2D eigenvalue weighted by molar-refractivity contribution is -0.178. The van der Waals surface area contributed by atoms with Crippen molar-refractivity contribution in [1.29, 1.82) is 0 Å². The summed E-state index contributed by atoms with van der Waals surface area (Å²) < 4.78 is 16.5. The highest BCUT2D eigenvalue weighted by atomic mass is 16.6. The first-order chi connectivity index (χ1) is 19.7. The van der Waals surface area contributed by atoms with Crippen molar-refractivity contribution in [2.75, 3.05) is 6.61 Å². The first-order valence-corrected chi connectivity index (χ1v) is 13.8. The van der Waals surface area contributed by atoms with E-state index in [0.717, 1.165) is 11.1 Å². The molecule has 4 atom stereocenters. The second-order valence-corrected chi connectivity index (χ2v) is 11.4. The van der Waals surface area contributed by atoms with Crippen LogP contribution < -0.4 is 0 Å². The lowest BCUT2D eigenvalue weighted by Crippen LogP contribution is -2.76. The number of amides is 2. The fourth-order valence-corrected chi connectivity index (χ4v) is 5.45. The molecular weight excluding hydrogens is 524 g/mol. The number of ketones is 1. The number of carbonyl (C=O) groups is 4. The Hall–Kier alpha value is -4.40. The molecular formula is C32H34N2O7. The van der Waals surface area contributed by atoms with E-state index in [4.69, 9.17) is 13.9 Å². The van der Waals surface area contributed by atoms with Crippen molar-refractivity contribution in [2.24, 2.45) is 5.41 Å². The van der Waals surface area contributed by atoms with Crippen LogP contribution >= 0.6 is 0 Å². The molecule has 2 aliphatic heterocycles. The van der Waals surface area contributed by atoms with Gasteiger partial charge in [0.25, 0.3) is 0 Å². The summed E-state index contributed by atoms with van der Waals surface area (Å²) in [7, 11) is 0. The summed E-state index contributed by atoms with van der Waals surface area (Å²) in [6.45, 7) is 5.17. The molecule has 214 valence electrons. The zero-order valence-electron chi connectivity index (χ0n) is 23.4. The molecule has 2 aliphatic rings. The molecule has 0 bridgehead atoms. The highest BCUT2D eigenvalue weighted by Gasteiger charge is 2.60. The summed E-state index contributed by atoms with van der Waals surface area (Å²) in [5.41, 5.74) is 0.654. The minimum absolute atomic E-state index is 0.0371. The number of furan rings is 1. The van der Waals surface area contributed by atoms with Crippen molar-refractivity contribution in [3.05, 3.63) is 95.9 Å². The van der Waals surface area contributed by atoms with Crippen molar-refractivity contribution in [1.82, 2.24) is 9.80 Å². The van der Waals surface area contributed by atoms with Gasteiger partial charge < -0.3 is 18.8 Å². The van der Waals surface area contributed by atoms with E-state index in [1.165, 1.54) is 9.80 Å². The van der Waals surface area contributed by atoms with Gasteiger partial charge >= 0.3 is 12.1 Å². The topological polar surface area (TPSA) is 106 Å². The van der Waals surface area contributed by atoms with Crippen LogP contribution in [0.2, 0.25) is 0 Å². The van der Waals surface area contributed by atoms with Crippen LogP contribution in [-0.2, 0) is 36.9 Å². The Morgan fingerprint density at radius 1 is 0.976 bits per heavy atom. The van der Waals surface area contributed by atoms with Crippen molar-refractivity contribution in [3.8, 4) is 0 Å². The van der Waals surface area contributed by atoms with E-state index in [2.05, 4.69) is 0 Å². The van der Waals surface area contributed by atoms with E-state index >= 15 is 0 Å². The molecule has 1 unspecified atom stereocenters. The Balaban J connectivity index is 1.47. The van der Waals surface area contributed by atoms with Gasteiger partial charge in [-0.05, 0) is 29.7 Å². The van der Waals surface area contributed by atoms with Gasteiger partial charge in [-0.3, -0.25) is 14.5 Å². The van der Waals surface area contributed by atoms with Gasteiger partial charge in [0.1, 0.15) is 25.0 Å². The van der Waals surface area contributed by atoms with Gasteiger partial charge in [0.05, 0.1) is 18.3 Å². The molecule has 2 amide bonds. The normalized spacial score (nSPS) is 21.3. The number of hydrogen-bond donors (Lipinski definition) is 0. The third-order valence-electron chi connectivity index (χ3n) is 7.60. The van der Waals surface area contributed by atoms with Gasteiger partial charge in [0.15, 0.2) is 11.8 Å². The number of hydrogen-bond acceptors (Lipinski definition) is 7. The van der Waals surface area contributed by atoms with Crippen LogP contribution in [0.4, 0.5) is 4.79 Å². The fourth-order valence-electron chi connectivity index (χ4n) is 5.45. The molecule has 5 rings (SSSR count). The number of carbonyl (C=O) groups excluding carboxylic acids is 4. The molecule has 41 heavy (non-hydrogen) atoms. The van der Waals surface area contributed by atoms with Crippen LogP contribution in [-0.4, -0.2) is 58.3 Å². The summed E-state index contributed by atoms with van der Waals surface area (Å²) in [5, 5.41) is 0. The molecule has 2 fully saturated rings. The second kappa shape index (κ2) is 11.6. The number of nitrogens with zero attached hydrogens (tertiary/aromatic N) is 2. The zero-order valence-corrected chi connectivity index (χ0v) is 23.4. The van der Waals surface area contributed by atoms with Crippen LogP contribution in [0.25, 0.3) is 0 Å². The standard InChI is InChI=1S/C32H34N2O7/c1-32(2,3)28(35)27(30(37)40-19-21-11-6-4-7-12-21)33-24(17-16-23-15-10-18-39-23)26(29(33)36)34-25(20-41-31(34)38)22-13-8-5-9-14-22/h4-15,18,24-27H,16-17,19-20H2,1-3H3/t24-,25-,26+,27?/m1/s1. The lowest BCUT2D eigenvalue weighted by atomic mass is 9.80.